The number of aliphatic carboxylic acids is 1. The summed E-state index contributed by atoms with van der Waals surface area (Å²) in [6, 6.07) is 4.67. The molecule has 2 atom stereocenters. The molecule has 2 unspecified atom stereocenters. The Bertz CT molecular complexity index is 475. The Kier molecular flexibility index (Phi) is 5.00. The highest BCUT2D eigenvalue weighted by Crippen LogP contribution is 2.24. The molecule has 1 aromatic rings. The van der Waals surface area contributed by atoms with Gasteiger partial charge in [-0.2, -0.15) is 0 Å². The van der Waals surface area contributed by atoms with Gasteiger partial charge in [0.15, 0.2) is 0 Å². The first kappa shape index (κ1) is 15.3. The third kappa shape index (κ3) is 3.70. The number of nitrogens with zero attached hydrogens (tertiary/aromatic N) is 1. The summed E-state index contributed by atoms with van der Waals surface area (Å²) < 4.78 is 13.7. The number of carboxylic acids is 1. The number of carbonyl (C=O) groups is 1. The van der Waals surface area contributed by atoms with Crippen LogP contribution in [0.2, 0.25) is 5.02 Å². The molecule has 0 radical (unpaired) electrons. The molecule has 0 aliphatic carbocycles. The summed E-state index contributed by atoms with van der Waals surface area (Å²) in [5.41, 5.74) is 0.513. The van der Waals surface area contributed by atoms with Crippen LogP contribution in [0.3, 0.4) is 0 Å². The van der Waals surface area contributed by atoms with Gasteiger partial charge in [0.25, 0.3) is 0 Å². The first-order valence-corrected chi connectivity index (χ1v) is 7.23. The molecule has 1 aliphatic rings. The molecule has 0 bridgehead atoms. The van der Waals surface area contributed by atoms with Crippen LogP contribution in [0.1, 0.15) is 18.9 Å². The van der Waals surface area contributed by atoms with E-state index in [1.807, 2.05) is 0 Å². The monoisotopic (exact) mass is 299 g/mol. The highest BCUT2D eigenvalue weighted by atomic mass is 35.5. The number of piperidine rings is 1. The fraction of sp³-hybridized carbons (Fsp3) is 0.533. The molecule has 1 aromatic carbocycles. The van der Waals surface area contributed by atoms with Gasteiger partial charge in [0, 0.05) is 30.2 Å². The van der Waals surface area contributed by atoms with E-state index in [9.17, 15) is 9.18 Å². The smallest absolute Gasteiger partial charge is 0.307 e. The van der Waals surface area contributed by atoms with Crippen molar-refractivity contribution < 1.29 is 14.3 Å². The van der Waals surface area contributed by atoms with Gasteiger partial charge < -0.3 is 10.0 Å². The van der Waals surface area contributed by atoms with Gasteiger partial charge in [-0.25, -0.2) is 4.39 Å². The van der Waals surface area contributed by atoms with Gasteiger partial charge in [-0.15, -0.1) is 0 Å². The topological polar surface area (TPSA) is 40.5 Å². The molecular formula is C15H19ClFNO2. The lowest BCUT2D eigenvalue weighted by molar-refractivity contribution is -0.144. The highest BCUT2D eigenvalue weighted by molar-refractivity contribution is 6.31. The van der Waals surface area contributed by atoms with Crippen molar-refractivity contribution in [1.29, 1.82) is 0 Å². The van der Waals surface area contributed by atoms with Crippen LogP contribution in [-0.4, -0.2) is 35.6 Å². The van der Waals surface area contributed by atoms with Crippen LogP contribution in [0.15, 0.2) is 18.2 Å². The van der Waals surface area contributed by atoms with Gasteiger partial charge in [-0.3, -0.25) is 4.79 Å². The van der Waals surface area contributed by atoms with Gasteiger partial charge >= 0.3 is 5.97 Å². The second-order valence-electron chi connectivity index (χ2n) is 5.59. The summed E-state index contributed by atoms with van der Waals surface area (Å²) in [6.45, 7) is 4.08. The maximum absolute atomic E-state index is 13.7. The molecule has 1 aliphatic heterocycles. The maximum Gasteiger partial charge on any atom is 0.307 e. The van der Waals surface area contributed by atoms with Gasteiger partial charge in [0.05, 0.1) is 5.92 Å². The van der Waals surface area contributed by atoms with Crippen molar-refractivity contribution in [2.45, 2.75) is 19.8 Å². The van der Waals surface area contributed by atoms with Crippen molar-refractivity contribution in [3.63, 3.8) is 0 Å². The molecule has 3 nitrogen and oxygen atoms in total. The van der Waals surface area contributed by atoms with Crippen LogP contribution >= 0.6 is 11.6 Å². The maximum atomic E-state index is 13.7. The Morgan fingerprint density at radius 2 is 2.25 bits per heavy atom. The largest absolute Gasteiger partial charge is 0.481 e. The average molecular weight is 300 g/mol. The summed E-state index contributed by atoms with van der Waals surface area (Å²) in [5.74, 6) is -1.02. The zero-order chi connectivity index (χ0) is 14.7. The molecule has 0 spiro atoms. The quantitative estimate of drug-likeness (QED) is 0.929. The number of hydrogen-bond donors (Lipinski definition) is 1. The van der Waals surface area contributed by atoms with Crippen molar-refractivity contribution in [3.8, 4) is 0 Å². The van der Waals surface area contributed by atoms with Gasteiger partial charge in [0.2, 0.25) is 0 Å². The minimum Gasteiger partial charge on any atom is -0.481 e. The number of hydrogen-bond acceptors (Lipinski definition) is 2. The normalized spacial score (nSPS) is 23.8. The van der Waals surface area contributed by atoms with Crippen LogP contribution in [0.5, 0.6) is 0 Å². The average Bonchev–Trinajstić information content (AvgIpc) is 2.37. The van der Waals surface area contributed by atoms with Gasteiger partial charge in [-0.1, -0.05) is 24.6 Å². The van der Waals surface area contributed by atoms with Crippen LogP contribution in [0.25, 0.3) is 0 Å². The van der Waals surface area contributed by atoms with Crippen LogP contribution in [0.4, 0.5) is 4.39 Å². The summed E-state index contributed by atoms with van der Waals surface area (Å²) in [5, 5.41) is 9.57. The molecule has 110 valence electrons. The number of halogens is 2. The number of benzene rings is 1. The summed E-state index contributed by atoms with van der Waals surface area (Å²) in [4.78, 5) is 13.2. The van der Waals surface area contributed by atoms with E-state index in [0.717, 1.165) is 6.54 Å². The lowest BCUT2D eigenvalue weighted by atomic mass is 9.90. The minimum atomic E-state index is -0.745. The predicted octanol–water partition coefficient (Wildman–Crippen LogP) is 3.06. The van der Waals surface area contributed by atoms with E-state index in [1.165, 1.54) is 6.07 Å². The van der Waals surface area contributed by atoms with Crippen molar-refractivity contribution in [1.82, 2.24) is 4.90 Å². The molecule has 0 amide bonds. The fourth-order valence-electron chi connectivity index (χ4n) is 2.86. The zero-order valence-electron chi connectivity index (χ0n) is 11.5. The fourth-order valence-corrected chi connectivity index (χ4v) is 3.12. The Balaban J connectivity index is 1.98. The number of rotatable bonds is 4. The molecule has 1 saturated heterocycles. The molecule has 0 saturated carbocycles. The SMILES string of the molecule is CC1CC(C(=O)O)CN(CCc2c(F)cccc2Cl)C1. The van der Waals surface area contributed by atoms with Crippen LogP contribution < -0.4 is 0 Å². The molecule has 5 heteroatoms. The second kappa shape index (κ2) is 6.55. The summed E-state index contributed by atoms with van der Waals surface area (Å²) >= 11 is 6.00. The van der Waals surface area contributed by atoms with Crippen molar-refractivity contribution >= 4 is 17.6 Å². The number of likely N-dealkylation sites (tertiary alicyclic amines) is 1. The first-order valence-electron chi connectivity index (χ1n) is 6.85. The molecule has 20 heavy (non-hydrogen) atoms. The van der Waals surface area contributed by atoms with E-state index in [2.05, 4.69) is 11.8 Å². The van der Waals surface area contributed by atoms with E-state index in [4.69, 9.17) is 16.7 Å². The summed E-state index contributed by atoms with van der Waals surface area (Å²) in [7, 11) is 0. The van der Waals surface area contributed by atoms with E-state index >= 15 is 0 Å². The first-order chi connectivity index (χ1) is 9.47. The third-order valence-corrected chi connectivity index (χ3v) is 4.18. The molecular weight excluding hydrogens is 281 g/mol. The van der Waals surface area contributed by atoms with Gasteiger partial charge in [-0.05, 0) is 30.9 Å². The van der Waals surface area contributed by atoms with E-state index in [0.29, 0.717) is 42.4 Å². The van der Waals surface area contributed by atoms with Crippen molar-refractivity contribution in [2.24, 2.45) is 11.8 Å². The van der Waals surface area contributed by atoms with E-state index < -0.39 is 5.97 Å². The lowest BCUT2D eigenvalue weighted by Gasteiger charge is -2.34. The Morgan fingerprint density at radius 3 is 2.90 bits per heavy atom. The second-order valence-corrected chi connectivity index (χ2v) is 5.99. The standard InChI is InChI=1S/C15H19ClFNO2/c1-10-7-11(15(19)20)9-18(8-10)6-5-12-13(16)3-2-4-14(12)17/h2-4,10-11H,5-9H2,1H3,(H,19,20). The summed E-state index contributed by atoms with van der Waals surface area (Å²) in [6.07, 6.45) is 1.22. The number of carboxylic acid groups (broad SMARTS) is 1. The highest BCUT2D eigenvalue weighted by Gasteiger charge is 2.29. The Morgan fingerprint density at radius 1 is 1.50 bits per heavy atom. The van der Waals surface area contributed by atoms with Crippen molar-refractivity contribution in [3.05, 3.63) is 34.6 Å². The molecule has 2 rings (SSSR count). The predicted molar refractivity (Wildman–Crippen MR) is 76.5 cm³/mol. The van der Waals surface area contributed by atoms with Crippen molar-refractivity contribution in [2.75, 3.05) is 19.6 Å². The lowest BCUT2D eigenvalue weighted by Crippen LogP contribution is -2.43. The molecule has 1 heterocycles. The van der Waals surface area contributed by atoms with Gasteiger partial charge in [0.1, 0.15) is 5.82 Å². The van der Waals surface area contributed by atoms with Crippen LogP contribution in [0, 0.1) is 17.7 Å². The Labute approximate surface area is 123 Å². The Hall–Kier alpha value is -1.13. The van der Waals surface area contributed by atoms with Crippen LogP contribution in [-0.2, 0) is 11.2 Å². The molecule has 1 fully saturated rings. The zero-order valence-corrected chi connectivity index (χ0v) is 12.2. The van der Waals surface area contributed by atoms with E-state index in [1.54, 1.807) is 12.1 Å². The van der Waals surface area contributed by atoms with E-state index in [-0.39, 0.29) is 11.7 Å². The minimum absolute atomic E-state index is 0.294. The molecule has 1 N–H and O–H groups in total. The molecule has 0 aromatic heterocycles. The third-order valence-electron chi connectivity index (χ3n) is 3.82.